The smallest absolute Gasteiger partial charge is 0.228 e. The molecule has 2 aromatic heterocycles. The molecule has 0 N–H and O–H groups in total. The zero-order chi connectivity index (χ0) is 17.1. The number of furan rings is 1. The topological polar surface area (TPSA) is 46.3 Å². The Bertz CT molecular complexity index is 846. The Morgan fingerprint density at radius 1 is 1.29 bits per heavy atom. The number of halogens is 2. The molecule has 2 heterocycles. The molecule has 7 heteroatoms. The first-order valence-electron chi connectivity index (χ1n) is 7.18. The number of carbonyl (C=O) groups is 1. The highest BCUT2D eigenvalue weighted by molar-refractivity contribution is 7.13. The van der Waals surface area contributed by atoms with Crippen molar-refractivity contribution in [2.24, 2.45) is 0 Å². The Labute approximate surface area is 141 Å². The van der Waals surface area contributed by atoms with E-state index < -0.39 is 11.6 Å². The van der Waals surface area contributed by atoms with Crippen LogP contribution in [0.1, 0.15) is 11.3 Å². The van der Waals surface area contributed by atoms with Gasteiger partial charge in [0.2, 0.25) is 5.91 Å². The van der Waals surface area contributed by atoms with Crippen LogP contribution in [-0.4, -0.2) is 22.8 Å². The van der Waals surface area contributed by atoms with Gasteiger partial charge in [0, 0.05) is 24.5 Å². The summed E-state index contributed by atoms with van der Waals surface area (Å²) in [4.78, 5) is 18.1. The molecule has 24 heavy (non-hydrogen) atoms. The van der Waals surface area contributed by atoms with Gasteiger partial charge in [0.25, 0.3) is 0 Å². The summed E-state index contributed by atoms with van der Waals surface area (Å²) >= 11 is 1.44. The van der Waals surface area contributed by atoms with E-state index in [4.69, 9.17) is 4.42 Å². The molecular weight excluding hydrogens is 334 g/mol. The van der Waals surface area contributed by atoms with Gasteiger partial charge in [-0.1, -0.05) is 6.07 Å². The Balaban J connectivity index is 1.63. The Hall–Kier alpha value is -2.54. The monoisotopic (exact) mass is 348 g/mol. The third-order valence-electron chi connectivity index (χ3n) is 3.48. The van der Waals surface area contributed by atoms with E-state index in [-0.39, 0.29) is 18.9 Å². The lowest BCUT2D eigenvalue weighted by molar-refractivity contribution is -0.129. The molecule has 0 saturated heterocycles. The summed E-state index contributed by atoms with van der Waals surface area (Å²) in [5.41, 5.74) is 2.06. The number of aromatic nitrogens is 1. The van der Waals surface area contributed by atoms with E-state index in [0.717, 1.165) is 22.7 Å². The predicted molar refractivity (Wildman–Crippen MR) is 86.4 cm³/mol. The summed E-state index contributed by atoms with van der Waals surface area (Å²) in [5, 5.41) is 2.61. The lowest BCUT2D eigenvalue weighted by Crippen LogP contribution is -2.27. The van der Waals surface area contributed by atoms with Gasteiger partial charge < -0.3 is 9.32 Å². The van der Waals surface area contributed by atoms with Crippen LogP contribution >= 0.6 is 11.3 Å². The summed E-state index contributed by atoms with van der Waals surface area (Å²) in [6.45, 7) is 0.203. The van der Waals surface area contributed by atoms with Crippen LogP contribution in [0, 0.1) is 11.6 Å². The number of hydrogen-bond donors (Lipinski definition) is 0. The number of rotatable bonds is 5. The molecule has 0 unspecified atom stereocenters. The Morgan fingerprint density at radius 3 is 2.83 bits per heavy atom. The number of nitrogens with zero attached hydrogens (tertiary/aromatic N) is 2. The number of likely N-dealkylation sites (N-methyl/N-ethyl adjacent to an activating group) is 1. The highest BCUT2D eigenvalue weighted by Crippen LogP contribution is 2.24. The van der Waals surface area contributed by atoms with Gasteiger partial charge in [-0.25, -0.2) is 13.8 Å². The summed E-state index contributed by atoms with van der Waals surface area (Å²) < 4.78 is 31.2. The molecule has 0 aliphatic heterocycles. The van der Waals surface area contributed by atoms with Crippen LogP contribution in [0.2, 0.25) is 0 Å². The fourth-order valence-electron chi connectivity index (χ4n) is 2.20. The molecule has 124 valence electrons. The van der Waals surface area contributed by atoms with E-state index in [1.54, 1.807) is 25.6 Å². The number of carbonyl (C=O) groups excluding carboxylic acids is 1. The molecular formula is C17H14F2N2O2S. The van der Waals surface area contributed by atoms with Crippen LogP contribution in [0.15, 0.2) is 46.6 Å². The van der Waals surface area contributed by atoms with Crippen molar-refractivity contribution < 1.29 is 18.0 Å². The highest BCUT2D eigenvalue weighted by Gasteiger charge is 2.14. The summed E-state index contributed by atoms with van der Waals surface area (Å²) in [6, 6.07) is 5.42. The third kappa shape index (κ3) is 3.68. The number of thiazole rings is 1. The Morgan fingerprint density at radius 2 is 2.12 bits per heavy atom. The zero-order valence-electron chi connectivity index (χ0n) is 12.8. The number of benzene rings is 1. The summed E-state index contributed by atoms with van der Waals surface area (Å²) in [7, 11) is 1.62. The second-order valence-corrected chi connectivity index (χ2v) is 6.19. The highest BCUT2D eigenvalue weighted by atomic mass is 32.1. The van der Waals surface area contributed by atoms with Crippen LogP contribution in [0.5, 0.6) is 0 Å². The maximum absolute atomic E-state index is 13.2. The molecule has 1 aromatic carbocycles. The van der Waals surface area contributed by atoms with Crippen LogP contribution in [0.25, 0.3) is 10.6 Å². The van der Waals surface area contributed by atoms with Crippen molar-refractivity contribution in [3.05, 3.63) is 65.1 Å². The first-order valence-corrected chi connectivity index (χ1v) is 8.06. The average Bonchev–Trinajstić information content (AvgIpc) is 3.21. The van der Waals surface area contributed by atoms with E-state index in [2.05, 4.69) is 4.98 Å². The average molecular weight is 348 g/mol. The molecule has 0 bridgehead atoms. The van der Waals surface area contributed by atoms with Gasteiger partial charge in [-0.2, -0.15) is 0 Å². The molecule has 0 aliphatic carbocycles. The fourth-order valence-corrected chi connectivity index (χ4v) is 3.00. The molecule has 1 amide bonds. The first-order chi connectivity index (χ1) is 11.5. The van der Waals surface area contributed by atoms with E-state index in [1.807, 2.05) is 5.38 Å². The van der Waals surface area contributed by atoms with Crippen molar-refractivity contribution >= 4 is 17.2 Å². The van der Waals surface area contributed by atoms with E-state index in [1.165, 1.54) is 22.3 Å². The molecule has 0 radical (unpaired) electrons. The summed E-state index contributed by atoms with van der Waals surface area (Å²) in [5.74, 6) is -1.97. The fraction of sp³-hybridized carbons (Fsp3) is 0.176. The first kappa shape index (κ1) is 16.3. The van der Waals surface area contributed by atoms with Crippen molar-refractivity contribution in [2.45, 2.75) is 13.0 Å². The van der Waals surface area contributed by atoms with Gasteiger partial charge in [-0.3, -0.25) is 4.79 Å². The third-order valence-corrected chi connectivity index (χ3v) is 4.42. The minimum atomic E-state index is -0.919. The SMILES string of the molecule is CN(Cc1ccc(F)c(F)c1)C(=O)Cc1csc(-c2ccoc2)n1. The quantitative estimate of drug-likeness (QED) is 0.703. The van der Waals surface area contributed by atoms with E-state index in [0.29, 0.717) is 11.3 Å². The Kier molecular flexibility index (Phi) is 4.71. The van der Waals surface area contributed by atoms with Crippen molar-refractivity contribution in [1.29, 1.82) is 0 Å². The molecule has 0 fully saturated rings. The van der Waals surface area contributed by atoms with Gasteiger partial charge in [0.1, 0.15) is 11.3 Å². The molecule has 4 nitrogen and oxygen atoms in total. The van der Waals surface area contributed by atoms with Crippen molar-refractivity contribution in [3.8, 4) is 10.6 Å². The minimum absolute atomic E-state index is 0.147. The van der Waals surface area contributed by atoms with Crippen LogP contribution < -0.4 is 0 Å². The number of amides is 1. The lowest BCUT2D eigenvalue weighted by Gasteiger charge is -2.16. The molecule has 0 aliphatic rings. The largest absolute Gasteiger partial charge is 0.472 e. The second kappa shape index (κ2) is 6.92. The maximum atomic E-state index is 13.2. The van der Waals surface area contributed by atoms with Gasteiger partial charge in [0.05, 0.1) is 18.4 Å². The van der Waals surface area contributed by atoms with Gasteiger partial charge in [-0.15, -0.1) is 11.3 Å². The molecule has 3 rings (SSSR count). The van der Waals surface area contributed by atoms with E-state index >= 15 is 0 Å². The zero-order valence-corrected chi connectivity index (χ0v) is 13.6. The van der Waals surface area contributed by atoms with Crippen LogP contribution in [-0.2, 0) is 17.8 Å². The number of hydrogen-bond acceptors (Lipinski definition) is 4. The van der Waals surface area contributed by atoms with Crippen molar-refractivity contribution in [2.75, 3.05) is 7.05 Å². The lowest BCUT2D eigenvalue weighted by atomic mass is 10.2. The van der Waals surface area contributed by atoms with Gasteiger partial charge in [-0.05, 0) is 23.8 Å². The van der Waals surface area contributed by atoms with Crippen LogP contribution in [0.3, 0.4) is 0 Å². The van der Waals surface area contributed by atoms with Crippen LogP contribution in [0.4, 0.5) is 8.78 Å². The normalized spacial score (nSPS) is 10.8. The van der Waals surface area contributed by atoms with Crippen molar-refractivity contribution in [3.63, 3.8) is 0 Å². The predicted octanol–water partition coefficient (Wildman–Crippen LogP) is 3.88. The maximum Gasteiger partial charge on any atom is 0.228 e. The summed E-state index contributed by atoms with van der Waals surface area (Å²) in [6.07, 6.45) is 3.31. The van der Waals surface area contributed by atoms with Gasteiger partial charge >= 0.3 is 0 Å². The van der Waals surface area contributed by atoms with E-state index in [9.17, 15) is 13.6 Å². The minimum Gasteiger partial charge on any atom is -0.472 e. The molecule has 0 atom stereocenters. The van der Waals surface area contributed by atoms with Gasteiger partial charge in [0.15, 0.2) is 11.6 Å². The molecule has 3 aromatic rings. The standard InChI is InChI=1S/C17H14F2N2O2S/c1-21(8-11-2-3-14(18)15(19)6-11)16(22)7-13-10-24-17(20-13)12-4-5-23-9-12/h2-6,9-10H,7-8H2,1H3. The molecule has 0 spiro atoms. The second-order valence-electron chi connectivity index (χ2n) is 5.33. The van der Waals surface area contributed by atoms with Crippen molar-refractivity contribution in [1.82, 2.24) is 9.88 Å². The molecule has 0 saturated carbocycles.